The van der Waals surface area contributed by atoms with E-state index in [9.17, 15) is 0 Å². The van der Waals surface area contributed by atoms with E-state index in [1.807, 2.05) is 47.7 Å². The Bertz CT molecular complexity index is 2760. The predicted octanol–water partition coefficient (Wildman–Crippen LogP) is 11.5. The monoisotopic (exact) mass is 630 g/mol. The van der Waals surface area contributed by atoms with Crippen LogP contribution in [0.3, 0.4) is 0 Å². The molecule has 3 heterocycles. The maximum Gasteiger partial charge on any atom is 0.238 e. The first-order valence-corrected chi connectivity index (χ1v) is 16.9. The molecule has 0 bridgehead atoms. The lowest BCUT2D eigenvalue weighted by molar-refractivity contribution is 0.955. The van der Waals surface area contributed by atoms with Gasteiger partial charge in [0.25, 0.3) is 0 Å². The van der Waals surface area contributed by atoms with Crippen LogP contribution in [0, 0.1) is 0 Å². The Morgan fingerprint density at radius 1 is 0.417 bits per heavy atom. The first-order valence-electron chi connectivity index (χ1n) is 16.0. The number of hydrogen-bond acceptors (Lipinski definition) is 4. The normalized spacial score (nSPS) is 11.8. The van der Waals surface area contributed by atoms with Crippen molar-refractivity contribution in [1.29, 1.82) is 0 Å². The van der Waals surface area contributed by atoms with E-state index in [0.29, 0.717) is 17.6 Å². The summed E-state index contributed by atoms with van der Waals surface area (Å²) in [6, 6.07) is 55.3. The fraction of sp³-hybridized carbons (Fsp3) is 0. The highest BCUT2D eigenvalue weighted by atomic mass is 32.1. The highest BCUT2D eigenvalue weighted by Gasteiger charge is 2.24. The van der Waals surface area contributed by atoms with Gasteiger partial charge in [-0.15, -0.1) is 11.3 Å². The van der Waals surface area contributed by atoms with Crippen LogP contribution in [-0.2, 0) is 0 Å². The standard InChI is InChI=1S/C43H26N4S/c1-4-14-27(15-5-1)30-24-25-34-36(26-30)48-40-38(34)32-21-11-10-20-31(32)37-33-22-12-13-23-35(33)47(39(37)40)43-45-41(28-16-6-2-7-17-28)44-42(46-43)29-18-8-3-9-19-29/h1-26H. The summed E-state index contributed by atoms with van der Waals surface area (Å²) in [5, 5.41) is 7.40. The summed E-state index contributed by atoms with van der Waals surface area (Å²) in [6.45, 7) is 0. The minimum absolute atomic E-state index is 0.605. The predicted molar refractivity (Wildman–Crippen MR) is 201 cm³/mol. The van der Waals surface area contributed by atoms with Crippen molar-refractivity contribution < 1.29 is 0 Å². The number of aromatic nitrogens is 4. The van der Waals surface area contributed by atoms with Crippen molar-refractivity contribution in [2.75, 3.05) is 0 Å². The zero-order chi connectivity index (χ0) is 31.6. The maximum atomic E-state index is 5.21. The number of thiophene rings is 1. The first kappa shape index (κ1) is 27.0. The Hall–Kier alpha value is -6.17. The fourth-order valence-electron chi connectivity index (χ4n) is 7.09. The van der Waals surface area contributed by atoms with E-state index in [2.05, 4.69) is 126 Å². The minimum Gasteiger partial charge on any atom is -0.276 e. The van der Waals surface area contributed by atoms with Gasteiger partial charge >= 0.3 is 0 Å². The van der Waals surface area contributed by atoms with Gasteiger partial charge in [0.05, 0.1) is 15.7 Å². The number of fused-ring (bicyclic) bond motifs is 10. The molecule has 0 saturated carbocycles. The van der Waals surface area contributed by atoms with Gasteiger partial charge in [-0.1, -0.05) is 146 Å². The number of nitrogens with zero attached hydrogens (tertiary/aromatic N) is 4. The van der Waals surface area contributed by atoms with Crippen LogP contribution in [0.4, 0.5) is 0 Å². The fourth-order valence-corrected chi connectivity index (χ4v) is 8.39. The third kappa shape index (κ3) is 4.11. The van der Waals surface area contributed by atoms with Crippen LogP contribution in [0.1, 0.15) is 0 Å². The van der Waals surface area contributed by atoms with Crippen molar-refractivity contribution in [3.05, 3.63) is 158 Å². The third-order valence-electron chi connectivity index (χ3n) is 9.24. The maximum absolute atomic E-state index is 5.21. The van der Waals surface area contributed by atoms with Crippen LogP contribution in [0.2, 0.25) is 0 Å². The van der Waals surface area contributed by atoms with E-state index >= 15 is 0 Å². The molecule has 0 aliphatic heterocycles. The second kappa shape index (κ2) is 10.7. The molecular formula is C43H26N4S. The molecular weight excluding hydrogens is 605 g/mol. The lowest BCUT2D eigenvalue weighted by Crippen LogP contribution is -2.06. The molecule has 0 radical (unpaired) electrons. The minimum atomic E-state index is 0.605. The molecule has 10 rings (SSSR count). The van der Waals surface area contributed by atoms with Crippen molar-refractivity contribution in [3.63, 3.8) is 0 Å². The van der Waals surface area contributed by atoms with Crippen molar-refractivity contribution >= 4 is 64.1 Å². The van der Waals surface area contributed by atoms with Gasteiger partial charge in [0.1, 0.15) is 0 Å². The van der Waals surface area contributed by atoms with E-state index in [4.69, 9.17) is 15.0 Å². The second-order valence-corrected chi connectivity index (χ2v) is 13.1. The average Bonchev–Trinajstić information content (AvgIpc) is 3.72. The second-order valence-electron chi connectivity index (χ2n) is 12.0. The van der Waals surface area contributed by atoms with Crippen molar-refractivity contribution in [2.45, 2.75) is 0 Å². The zero-order valence-electron chi connectivity index (χ0n) is 25.7. The molecule has 0 aliphatic carbocycles. The molecule has 224 valence electrons. The van der Waals surface area contributed by atoms with Crippen LogP contribution in [0.25, 0.3) is 92.6 Å². The van der Waals surface area contributed by atoms with Gasteiger partial charge in [-0.05, 0) is 34.0 Å². The Morgan fingerprint density at radius 2 is 0.958 bits per heavy atom. The molecule has 4 nitrogen and oxygen atoms in total. The lowest BCUT2D eigenvalue weighted by Gasteiger charge is -2.12. The summed E-state index contributed by atoms with van der Waals surface area (Å²) in [5.74, 6) is 1.89. The van der Waals surface area contributed by atoms with E-state index in [1.54, 1.807) is 0 Å². The highest BCUT2D eigenvalue weighted by molar-refractivity contribution is 7.27. The molecule has 0 spiro atoms. The van der Waals surface area contributed by atoms with Gasteiger partial charge in [0.2, 0.25) is 5.95 Å². The number of para-hydroxylation sites is 1. The van der Waals surface area contributed by atoms with Gasteiger partial charge in [-0.3, -0.25) is 4.57 Å². The summed E-state index contributed by atoms with van der Waals surface area (Å²) < 4.78 is 4.75. The molecule has 0 atom stereocenters. The molecule has 5 heteroatoms. The molecule has 0 N–H and O–H groups in total. The molecule has 0 amide bonds. The van der Waals surface area contributed by atoms with Gasteiger partial charge < -0.3 is 0 Å². The molecule has 0 unspecified atom stereocenters. The number of benzene rings is 7. The molecule has 0 aliphatic rings. The Morgan fingerprint density at radius 3 is 1.60 bits per heavy atom. The first-order chi connectivity index (χ1) is 23.8. The average molecular weight is 631 g/mol. The smallest absolute Gasteiger partial charge is 0.238 e. The topological polar surface area (TPSA) is 43.6 Å². The van der Waals surface area contributed by atoms with Crippen LogP contribution in [-0.4, -0.2) is 19.5 Å². The molecule has 0 saturated heterocycles. The number of hydrogen-bond donors (Lipinski definition) is 0. The van der Waals surface area contributed by atoms with Crippen LogP contribution in [0.5, 0.6) is 0 Å². The Balaban J connectivity index is 1.37. The molecule has 48 heavy (non-hydrogen) atoms. The zero-order valence-corrected chi connectivity index (χ0v) is 26.5. The van der Waals surface area contributed by atoms with E-state index < -0.39 is 0 Å². The highest BCUT2D eigenvalue weighted by Crippen LogP contribution is 2.48. The summed E-state index contributed by atoms with van der Waals surface area (Å²) in [5.41, 5.74) is 6.52. The molecule has 7 aromatic carbocycles. The summed E-state index contributed by atoms with van der Waals surface area (Å²) in [6.07, 6.45) is 0. The SMILES string of the molecule is c1ccc(-c2ccc3c(c2)sc2c3c3ccccc3c3c4ccccc4n(-c4nc(-c5ccccc5)nc(-c5ccccc5)n4)c23)cc1. The van der Waals surface area contributed by atoms with Gasteiger partial charge in [-0.2, -0.15) is 9.97 Å². The van der Waals surface area contributed by atoms with Crippen molar-refractivity contribution in [1.82, 2.24) is 19.5 Å². The van der Waals surface area contributed by atoms with Crippen LogP contribution < -0.4 is 0 Å². The van der Waals surface area contributed by atoms with Crippen LogP contribution >= 0.6 is 11.3 Å². The largest absolute Gasteiger partial charge is 0.276 e. The van der Waals surface area contributed by atoms with E-state index in [-0.39, 0.29) is 0 Å². The summed E-state index contributed by atoms with van der Waals surface area (Å²) in [4.78, 5) is 15.4. The van der Waals surface area contributed by atoms with Crippen molar-refractivity contribution in [2.24, 2.45) is 0 Å². The molecule has 10 aromatic rings. The van der Waals surface area contributed by atoms with Gasteiger partial charge in [0, 0.05) is 37.4 Å². The Kier molecular flexibility index (Phi) is 6.01. The number of rotatable bonds is 4. The lowest BCUT2D eigenvalue weighted by atomic mass is 9.98. The third-order valence-corrected chi connectivity index (χ3v) is 10.4. The molecule has 0 fully saturated rings. The quantitative estimate of drug-likeness (QED) is 0.194. The summed E-state index contributed by atoms with van der Waals surface area (Å²) in [7, 11) is 0. The van der Waals surface area contributed by atoms with Crippen molar-refractivity contribution in [3.8, 4) is 39.9 Å². The Labute approximate surface area is 280 Å². The van der Waals surface area contributed by atoms with Crippen LogP contribution in [0.15, 0.2) is 158 Å². The van der Waals surface area contributed by atoms with E-state index in [1.165, 1.54) is 52.8 Å². The van der Waals surface area contributed by atoms with E-state index in [0.717, 1.165) is 22.2 Å². The van der Waals surface area contributed by atoms with Gasteiger partial charge in [0.15, 0.2) is 11.6 Å². The van der Waals surface area contributed by atoms with Gasteiger partial charge in [-0.25, -0.2) is 4.98 Å². The summed E-state index contributed by atoms with van der Waals surface area (Å²) >= 11 is 1.85. The molecule has 3 aromatic heterocycles.